The van der Waals surface area contributed by atoms with Gasteiger partial charge in [0.15, 0.2) is 0 Å². The van der Waals surface area contributed by atoms with Crippen molar-refractivity contribution in [3.8, 4) is 6.07 Å². The van der Waals surface area contributed by atoms with Gasteiger partial charge >= 0.3 is 0 Å². The topological polar surface area (TPSA) is 52.0 Å². The molecule has 1 fully saturated rings. The molecule has 1 aromatic heterocycles. The van der Waals surface area contributed by atoms with Crippen LogP contribution in [0.15, 0.2) is 6.07 Å². The van der Waals surface area contributed by atoms with Gasteiger partial charge in [0.2, 0.25) is 0 Å². The number of nitrogens with one attached hydrogen (secondary N) is 1. The van der Waals surface area contributed by atoms with Crippen LogP contribution in [0, 0.1) is 16.7 Å². The number of likely N-dealkylation sites (tertiary alicyclic amines) is 1. The van der Waals surface area contributed by atoms with E-state index in [0.29, 0.717) is 11.0 Å². The first-order valence-corrected chi connectivity index (χ1v) is 7.95. The summed E-state index contributed by atoms with van der Waals surface area (Å²) in [7, 11) is 2.18. The fraction of sp³-hybridized carbons (Fsp3) is 0.647. The van der Waals surface area contributed by atoms with Gasteiger partial charge in [0.05, 0.1) is 5.56 Å². The standard InChI is InChI=1S/C17H24N4/c1-17(6-8-21(2)9-7-17)12-19-16-14(11-18)10-13-4-3-5-15(13)20-16/h10H,3-9,12H2,1-2H3,(H,19,20). The fourth-order valence-electron chi connectivity index (χ4n) is 3.32. The van der Waals surface area contributed by atoms with Crippen LogP contribution in [-0.2, 0) is 12.8 Å². The lowest BCUT2D eigenvalue weighted by Gasteiger charge is -2.38. The number of aryl methyl sites for hydroxylation is 2. The number of fused-ring (bicyclic) bond motifs is 1. The van der Waals surface area contributed by atoms with Crippen LogP contribution < -0.4 is 5.32 Å². The Hall–Kier alpha value is -1.60. The van der Waals surface area contributed by atoms with E-state index in [9.17, 15) is 5.26 Å². The van der Waals surface area contributed by atoms with Crippen LogP contribution in [0.25, 0.3) is 0 Å². The molecule has 4 nitrogen and oxygen atoms in total. The minimum atomic E-state index is 0.305. The van der Waals surface area contributed by atoms with Gasteiger partial charge < -0.3 is 10.2 Å². The number of hydrogen-bond acceptors (Lipinski definition) is 4. The Labute approximate surface area is 127 Å². The third-order valence-corrected chi connectivity index (χ3v) is 5.05. The minimum Gasteiger partial charge on any atom is -0.368 e. The summed E-state index contributed by atoms with van der Waals surface area (Å²) in [6.07, 6.45) is 5.69. The molecule has 1 N–H and O–H groups in total. The van der Waals surface area contributed by atoms with Crippen LogP contribution in [-0.4, -0.2) is 36.6 Å². The molecule has 1 aliphatic heterocycles. The lowest BCUT2D eigenvalue weighted by atomic mass is 9.80. The summed E-state index contributed by atoms with van der Waals surface area (Å²) in [6.45, 7) is 5.55. The summed E-state index contributed by atoms with van der Waals surface area (Å²) in [6, 6.07) is 4.34. The van der Waals surface area contributed by atoms with Crippen molar-refractivity contribution in [3.05, 3.63) is 22.9 Å². The van der Waals surface area contributed by atoms with E-state index in [-0.39, 0.29) is 0 Å². The normalized spacial score (nSPS) is 20.8. The van der Waals surface area contributed by atoms with E-state index in [0.717, 1.165) is 38.3 Å². The number of aromatic nitrogens is 1. The van der Waals surface area contributed by atoms with Gasteiger partial charge in [-0.15, -0.1) is 0 Å². The molecule has 1 aromatic rings. The number of nitriles is 1. The first kappa shape index (κ1) is 14.3. The zero-order valence-electron chi connectivity index (χ0n) is 13.1. The van der Waals surface area contributed by atoms with Crippen LogP contribution >= 0.6 is 0 Å². The Morgan fingerprint density at radius 1 is 1.38 bits per heavy atom. The van der Waals surface area contributed by atoms with Gasteiger partial charge in [0.25, 0.3) is 0 Å². The van der Waals surface area contributed by atoms with E-state index in [4.69, 9.17) is 4.98 Å². The van der Waals surface area contributed by atoms with Crippen LogP contribution in [0.2, 0.25) is 0 Å². The zero-order valence-corrected chi connectivity index (χ0v) is 13.1. The van der Waals surface area contributed by atoms with Gasteiger partial charge in [0.1, 0.15) is 11.9 Å². The Bertz CT molecular complexity index is 565. The molecule has 21 heavy (non-hydrogen) atoms. The molecule has 0 bridgehead atoms. The lowest BCUT2D eigenvalue weighted by Crippen LogP contribution is -2.40. The van der Waals surface area contributed by atoms with E-state index < -0.39 is 0 Å². The molecule has 0 radical (unpaired) electrons. The minimum absolute atomic E-state index is 0.305. The Kier molecular flexibility index (Phi) is 3.86. The molecule has 0 saturated carbocycles. The van der Waals surface area contributed by atoms with Crippen molar-refractivity contribution in [1.82, 2.24) is 9.88 Å². The van der Waals surface area contributed by atoms with Crippen molar-refractivity contribution in [2.45, 2.75) is 39.0 Å². The highest BCUT2D eigenvalue weighted by Gasteiger charge is 2.29. The van der Waals surface area contributed by atoms with Crippen molar-refractivity contribution in [1.29, 1.82) is 5.26 Å². The van der Waals surface area contributed by atoms with Gasteiger partial charge in [-0.3, -0.25) is 0 Å². The summed E-state index contributed by atoms with van der Waals surface area (Å²) in [5.74, 6) is 0.790. The third kappa shape index (κ3) is 3.03. The monoisotopic (exact) mass is 284 g/mol. The fourth-order valence-corrected chi connectivity index (χ4v) is 3.32. The molecule has 2 heterocycles. The number of piperidine rings is 1. The number of rotatable bonds is 3. The van der Waals surface area contributed by atoms with Crippen molar-refractivity contribution < 1.29 is 0 Å². The smallest absolute Gasteiger partial charge is 0.144 e. The van der Waals surface area contributed by atoms with Crippen LogP contribution in [0.1, 0.15) is 43.0 Å². The molecule has 4 heteroatoms. The number of pyridine rings is 1. The van der Waals surface area contributed by atoms with Crippen LogP contribution in [0.3, 0.4) is 0 Å². The summed E-state index contributed by atoms with van der Waals surface area (Å²) >= 11 is 0. The highest BCUT2D eigenvalue weighted by Crippen LogP contribution is 2.31. The van der Waals surface area contributed by atoms with Crippen LogP contribution in [0.4, 0.5) is 5.82 Å². The average Bonchev–Trinajstić information content (AvgIpc) is 2.95. The molecule has 0 aromatic carbocycles. The Morgan fingerprint density at radius 2 is 2.14 bits per heavy atom. The molecule has 1 saturated heterocycles. The van der Waals surface area contributed by atoms with E-state index in [1.54, 1.807) is 0 Å². The SMILES string of the molecule is CN1CCC(C)(CNc2nc3c(cc2C#N)CCC3)CC1. The molecular formula is C17H24N4. The van der Waals surface area contributed by atoms with Gasteiger partial charge in [0, 0.05) is 12.2 Å². The van der Waals surface area contributed by atoms with Crippen molar-refractivity contribution in [3.63, 3.8) is 0 Å². The largest absolute Gasteiger partial charge is 0.368 e. The maximum Gasteiger partial charge on any atom is 0.144 e. The summed E-state index contributed by atoms with van der Waals surface area (Å²) < 4.78 is 0. The molecule has 112 valence electrons. The van der Waals surface area contributed by atoms with E-state index in [1.807, 2.05) is 6.07 Å². The maximum absolute atomic E-state index is 9.35. The second-order valence-electron chi connectivity index (χ2n) is 6.92. The molecule has 1 aliphatic carbocycles. The molecule has 0 unspecified atom stereocenters. The van der Waals surface area contributed by atoms with Gasteiger partial charge in [-0.1, -0.05) is 6.92 Å². The lowest BCUT2D eigenvalue weighted by molar-refractivity contribution is 0.150. The number of hydrogen-bond donors (Lipinski definition) is 1. The third-order valence-electron chi connectivity index (χ3n) is 5.05. The van der Waals surface area contributed by atoms with Crippen molar-refractivity contribution >= 4 is 5.82 Å². The number of nitrogens with zero attached hydrogens (tertiary/aromatic N) is 3. The van der Waals surface area contributed by atoms with Gasteiger partial charge in [-0.25, -0.2) is 4.98 Å². The maximum atomic E-state index is 9.35. The Morgan fingerprint density at radius 3 is 2.86 bits per heavy atom. The van der Waals surface area contributed by atoms with Crippen molar-refractivity contribution in [2.24, 2.45) is 5.41 Å². The summed E-state index contributed by atoms with van der Waals surface area (Å²) in [5.41, 5.74) is 3.46. The quantitative estimate of drug-likeness (QED) is 0.927. The van der Waals surface area contributed by atoms with Gasteiger partial charge in [-0.05, 0) is 69.3 Å². The average molecular weight is 284 g/mol. The highest BCUT2D eigenvalue weighted by atomic mass is 15.1. The second-order valence-corrected chi connectivity index (χ2v) is 6.92. The number of anilines is 1. The predicted octanol–water partition coefficient (Wildman–Crippen LogP) is 2.59. The first-order valence-electron chi connectivity index (χ1n) is 7.95. The summed E-state index contributed by atoms with van der Waals surface area (Å²) in [4.78, 5) is 7.10. The molecule has 0 atom stereocenters. The first-order chi connectivity index (χ1) is 10.1. The Balaban J connectivity index is 1.72. The predicted molar refractivity (Wildman–Crippen MR) is 84.3 cm³/mol. The molecule has 2 aliphatic rings. The van der Waals surface area contributed by atoms with E-state index in [2.05, 4.69) is 30.3 Å². The summed E-state index contributed by atoms with van der Waals surface area (Å²) in [5, 5.41) is 12.8. The molecule has 0 amide bonds. The van der Waals surface area contributed by atoms with E-state index in [1.165, 1.54) is 30.5 Å². The van der Waals surface area contributed by atoms with Crippen molar-refractivity contribution in [2.75, 3.05) is 32.0 Å². The molecular weight excluding hydrogens is 260 g/mol. The van der Waals surface area contributed by atoms with Gasteiger partial charge in [-0.2, -0.15) is 5.26 Å². The zero-order chi connectivity index (χ0) is 14.9. The second kappa shape index (κ2) is 5.65. The molecule has 3 rings (SSSR count). The van der Waals surface area contributed by atoms with E-state index >= 15 is 0 Å². The highest BCUT2D eigenvalue weighted by molar-refractivity contribution is 5.55. The van der Waals surface area contributed by atoms with Crippen LogP contribution in [0.5, 0.6) is 0 Å². The molecule has 0 spiro atoms.